The van der Waals surface area contributed by atoms with Gasteiger partial charge < -0.3 is 0 Å². The van der Waals surface area contributed by atoms with E-state index in [1.54, 1.807) is 0 Å². The number of allylic oxidation sites excluding steroid dienone is 2. The molecule has 0 atom stereocenters. The zero-order valence-corrected chi connectivity index (χ0v) is 32.5. The van der Waals surface area contributed by atoms with Crippen molar-refractivity contribution >= 4 is 0 Å². The van der Waals surface area contributed by atoms with E-state index in [-0.39, 0.29) is 5.41 Å². The van der Waals surface area contributed by atoms with Gasteiger partial charge in [-0.15, -0.1) is 0 Å². The molecule has 0 radical (unpaired) electrons. The van der Waals surface area contributed by atoms with E-state index in [9.17, 15) is 0 Å². The molecule has 0 unspecified atom stereocenters. The Bertz CT molecular complexity index is 2120. The van der Waals surface area contributed by atoms with Gasteiger partial charge in [-0.05, 0) is 106 Å². The van der Waals surface area contributed by atoms with Crippen molar-refractivity contribution in [1.29, 1.82) is 0 Å². The summed E-state index contributed by atoms with van der Waals surface area (Å²) < 4.78 is 0. The Morgan fingerprint density at radius 3 is 1.75 bits per heavy atom. The van der Waals surface area contributed by atoms with E-state index in [4.69, 9.17) is 0 Å². The topological polar surface area (TPSA) is 0 Å². The van der Waals surface area contributed by atoms with Gasteiger partial charge in [0.1, 0.15) is 0 Å². The normalized spacial score (nSPS) is 12.0. The molecule has 0 nitrogen and oxygen atoms in total. The Morgan fingerprint density at radius 1 is 0.538 bits per heavy atom. The summed E-state index contributed by atoms with van der Waals surface area (Å²) in [6.45, 7) is 22.9. The van der Waals surface area contributed by atoms with Crippen molar-refractivity contribution in [2.45, 2.75) is 79.6 Å². The molecule has 6 aromatic carbocycles. The Kier molecular flexibility index (Phi) is 12.7. The van der Waals surface area contributed by atoms with Gasteiger partial charge >= 0.3 is 0 Å². The average Bonchev–Trinajstić information content (AvgIpc) is 3.38. The molecule has 7 rings (SSSR count). The molecule has 6 aromatic rings. The van der Waals surface area contributed by atoms with Crippen LogP contribution in [0, 0.1) is 20.8 Å². The second-order valence-corrected chi connectivity index (χ2v) is 14.7. The number of benzene rings is 6. The fourth-order valence-corrected chi connectivity index (χ4v) is 7.32. The summed E-state index contributed by atoms with van der Waals surface area (Å²) >= 11 is 0. The quantitative estimate of drug-likeness (QED) is 0.140. The highest BCUT2D eigenvalue weighted by molar-refractivity contribution is 5.84. The van der Waals surface area contributed by atoms with Crippen molar-refractivity contribution in [2.24, 2.45) is 0 Å². The van der Waals surface area contributed by atoms with E-state index in [0.717, 1.165) is 24.8 Å². The second-order valence-electron chi connectivity index (χ2n) is 14.7. The number of rotatable bonds is 8. The fourth-order valence-electron chi connectivity index (χ4n) is 7.32. The first-order chi connectivity index (χ1) is 25.1. The van der Waals surface area contributed by atoms with Gasteiger partial charge in [-0.1, -0.05) is 204 Å². The summed E-state index contributed by atoms with van der Waals surface area (Å²) in [4.78, 5) is 0. The molecule has 1 aliphatic carbocycles. The van der Waals surface area contributed by atoms with E-state index >= 15 is 0 Å². The molecular weight excluding hydrogens is 625 g/mol. The molecule has 0 saturated heterocycles. The molecule has 264 valence electrons. The Hall–Kier alpha value is -5.20. The van der Waals surface area contributed by atoms with Crippen molar-refractivity contribution in [2.75, 3.05) is 0 Å². The lowest BCUT2D eigenvalue weighted by Gasteiger charge is -2.22. The largest absolute Gasteiger partial charge is 0.0988 e. The van der Waals surface area contributed by atoms with Crippen LogP contribution in [0.3, 0.4) is 0 Å². The average molecular weight is 681 g/mol. The molecule has 0 fully saturated rings. The fraction of sp³-hybridized carbons (Fsp3) is 0.231. The first kappa shape index (κ1) is 38.0. The maximum atomic E-state index is 3.74. The van der Waals surface area contributed by atoms with Crippen LogP contribution in [0.25, 0.3) is 44.5 Å². The van der Waals surface area contributed by atoms with Crippen molar-refractivity contribution in [3.05, 3.63) is 192 Å². The Balaban J connectivity index is 0.000000171. The minimum atomic E-state index is 0.0709. The first-order valence-electron chi connectivity index (χ1n) is 19.0. The van der Waals surface area contributed by atoms with E-state index < -0.39 is 0 Å². The van der Waals surface area contributed by atoms with E-state index in [1.807, 2.05) is 6.08 Å². The molecule has 0 saturated carbocycles. The Labute approximate surface area is 314 Å². The standard InChI is InChI=1S/C23H24.C22H20.C7H12/c1-4-8-22-21(19-15-13-17(2)14-16-19)11-7-12-23(22)20-10-6-5-9-18(20)3;1-15-9-11-18-19-12-10-17(16-7-5-4-6-8-16)14-21(19)22(2,3)20(18)13-15;1-4-6-7(3)5-2/h5-7,9-16H,4,8H2,1-3H3;4-14H,1-3H3;5H,2-4,6H2,1H3. The molecule has 0 bridgehead atoms. The van der Waals surface area contributed by atoms with Crippen molar-refractivity contribution in [3.63, 3.8) is 0 Å². The summed E-state index contributed by atoms with van der Waals surface area (Å²) in [5.41, 5.74) is 20.3. The molecule has 0 aliphatic heterocycles. The van der Waals surface area contributed by atoms with Crippen LogP contribution in [-0.4, -0.2) is 0 Å². The minimum absolute atomic E-state index is 0.0709. The van der Waals surface area contributed by atoms with Crippen LogP contribution in [-0.2, 0) is 11.8 Å². The van der Waals surface area contributed by atoms with Crippen LogP contribution in [0.4, 0.5) is 0 Å². The molecule has 1 aliphatic rings. The lowest BCUT2D eigenvalue weighted by Crippen LogP contribution is -2.15. The van der Waals surface area contributed by atoms with Gasteiger partial charge in [0.15, 0.2) is 0 Å². The summed E-state index contributed by atoms with van der Waals surface area (Å²) in [6.07, 6.45) is 6.33. The molecule has 0 spiro atoms. The van der Waals surface area contributed by atoms with Gasteiger partial charge in [0.05, 0.1) is 0 Å². The lowest BCUT2D eigenvalue weighted by atomic mass is 9.81. The molecule has 0 N–H and O–H groups in total. The number of hydrogen-bond donors (Lipinski definition) is 0. The van der Waals surface area contributed by atoms with Crippen LogP contribution in [0.1, 0.15) is 80.3 Å². The maximum absolute atomic E-state index is 3.74. The van der Waals surface area contributed by atoms with Crippen molar-refractivity contribution in [1.82, 2.24) is 0 Å². The monoisotopic (exact) mass is 680 g/mol. The zero-order valence-electron chi connectivity index (χ0n) is 32.5. The van der Waals surface area contributed by atoms with Gasteiger partial charge in [-0.25, -0.2) is 0 Å². The summed E-state index contributed by atoms with van der Waals surface area (Å²) in [6, 6.07) is 48.7. The predicted molar refractivity (Wildman–Crippen MR) is 229 cm³/mol. The molecule has 0 aromatic heterocycles. The third-order valence-corrected chi connectivity index (χ3v) is 10.3. The van der Waals surface area contributed by atoms with Crippen molar-refractivity contribution in [3.8, 4) is 44.5 Å². The van der Waals surface area contributed by atoms with E-state index in [0.29, 0.717) is 0 Å². The highest BCUT2D eigenvalue weighted by Crippen LogP contribution is 2.49. The summed E-state index contributed by atoms with van der Waals surface area (Å²) in [5, 5.41) is 0. The van der Waals surface area contributed by atoms with Crippen LogP contribution >= 0.6 is 0 Å². The maximum Gasteiger partial charge on any atom is 0.0159 e. The van der Waals surface area contributed by atoms with Gasteiger partial charge in [0, 0.05) is 5.41 Å². The highest BCUT2D eigenvalue weighted by atomic mass is 14.4. The third kappa shape index (κ3) is 8.63. The van der Waals surface area contributed by atoms with Crippen LogP contribution in [0.15, 0.2) is 158 Å². The summed E-state index contributed by atoms with van der Waals surface area (Å²) in [7, 11) is 0. The zero-order chi connectivity index (χ0) is 37.3. The van der Waals surface area contributed by atoms with Crippen LogP contribution in [0.5, 0.6) is 0 Å². The SMILES string of the molecule is C=CC(=C)CCC.CCCc1c(-c2ccc(C)cc2)cccc1-c1ccccc1C.Cc1ccc2c(c1)C(C)(C)c1cc(-c3ccccc3)ccc1-2. The molecule has 52 heavy (non-hydrogen) atoms. The smallest absolute Gasteiger partial charge is 0.0159 e. The lowest BCUT2D eigenvalue weighted by molar-refractivity contribution is 0.660. The van der Waals surface area contributed by atoms with Crippen LogP contribution in [0.2, 0.25) is 0 Å². The van der Waals surface area contributed by atoms with Gasteiger partial charge in [-0.3, -0.25) is 0 Å². The minimum Gasteiger partial charge on any atom is -0.0988 e. The molecular formula is C52H56. The van der Waals surface area contributed by atoms with Gasteiger partial charge in [0.25, 0.3) is 0 Å². The van der Waals surface area contributed by atoms with E-state index in [2.05, 4.69) is 195 Å². The number of hydrogen-bond acceptors (Lipinski definition) is 0. The van der Waals surface area contributed by atoms with Gasteiger partial charge in [-0.2, -0.15) is 0 Å². The number of aryl methyl sites for hydroxylation is 3. The summed E-state index contributed by atoms with van der Waals surface area (Å²) in [5.74, 6) is 0. The second kappa shape index (κ2) is 17.3. The molecule has 0 amide bonds. The highest BCUT2D eigenvalue weighted by Gasteiger charge is 2.35. The first-order valence-corrected chi connectivity index (χ1v) is 19.0. The molecule has 0 heteroatoms. The number of fused-ring (bicyclic) bond motifs is 3. The van der Waals surface area contributed by atoms with E-state index in [1.165, 1.54) is 84.3 Å². The third-order valence-electron chi connectivity index (χ3n) is 10.3. The Morgan fingerprint density at radius 2 is 1.12 bits per heavy atom. The molecule has 0 heterocycles. The predicted octanol–water partition coefficient (Wildman–Crippen LogP) is 15.1. The van der Waals surface area contributed by atoms with Gasteiger partial charge in [0.2, 0.25) is 0 Å². The van der Waals surface area contributed by atoms with Crippen LogP contribution < -0.4 is 0 Å². The van der Waals surface area contributed by atoms with Crippen molar-refractivity contribution < 1.29 is 0 Å².